The molecule has 1 heterocycles. The van der Waals surface area contributed by atoms with Crippen molar-refractivity contribution in [2.24, 2.45) is 11.5 Å². The minimum absolute atomic E-state index is 0.310. The van der Waals surface area contributed by atoms with E-state index in [1.807, 2.05) is 36.4 Å². The van der Waals surface area contributed by atoms with Gasteiger partial charge >= 0.3 is 0 Å². The van der Waals surface area contributed by atoms with E-state index in [1.54, 1.807) is 0 Å². The van der Waals surface area contributed by atoms with Crippen LogP contribution < -0.4 is 11.5 Å². The first-order valence-corrected chi connectivity index (χ1v) is 7.67. The summed E-state index contributed by atoms with van der Waals surface area (Å²) in [7, 11) is 0. The highest BCUT2D eigenvalue weighted by molar-refractivity contribution is 6.31. The number of aromatic nitrogens is 1. The molecule has 1 aromatic heterocycles. The fourth-order valence-corrected chi connectivity index (χ4v) is 2.73. The van der Waals surface area contributed by atoms with Crippen molar-refractivity contribution in [3.63, 3.8) is 0 Å². The molecule has 0 radical (unpaired) electrons. The second-order valence-corrected chi connectivity index (χ2v) is 5.83. The molecule has 0 unspecified atom stereocenters. The molecule has 4 heteroatoms. The van der Waals surface area contributed by atoms with Gasteiger partial charge in [-0.25, -0.2) is 4.98 Å². The van der Waals surface area contributed by atoms with Crippen LogP contribution in [0.15, 0.2) is 54.6 Å². The standard InChI is InChI=1S/C18H18ClN3/c19-14-7-8-15-13(6-9-18(20)21)10-16(22-17(15)11-14)12-4-2-1-3-5-12/h1-5,7-8,10-11,18H,6,9,20-21H2. The van der Waals surface area contributed by atoms with Crippen LogP contribution in [0.2, 0.25) is 5.02 Å². The van der Waals surface area contributed by atoms with E-state index >= 15 is 0 Å². The molecule has 3 nitrogen and oxygen atoms in total. The van der Waals surface area contributed by atoms with Crippen molar-refractivity contribution in [1.82, 2.24) is 4.98 Å². The van der Waals surface area contributed by atoms with Gasteiger partial charge in [0, 0.05) is 16.0 Å². The first kappa shape index (κ1) is 15.0. The normalized spacial score (nSPS) is 11.3. The maximum atomic E-state index is 6.12. The van der Waals surface area contributed by atoms with Crippen LogP contribution in [0.25, 0.3) is 22.2 Å². The van der Waals surface area contributed by atoms with Gasteiger partial charge in [-0.05, 0) is 36.6 Å². The van der Waals surface area contributed by atoms with E-state index in [0.717, 1.165) is 35.0 Å². The molecule has 0 saturated carbocycles. The molecule has 0 amide bonds. The van der Waals surface area contributed by atoms with Crippen LogP contribution in [0.4, 0.5) is 0 Å². The summed E-state index contributed by atoms with van der Waals surface area (Å²) in [4.78, 5) is 4.75. The SMILES string of the molecule is NC(N)CCc1cc(-c2ccccc2)nc2cc(Cl)ccc12. The maximum Gasteiger partial charge on any atom is 0.0727 e. The number of fused-ring (bicyclic) bond motifs is 1. The number of hydrogen-bond donors (Lipinski definition) is 2. The molecule has 0 atom stereocenters. The first-order chi connectivity index (χ1) is 10.6. The zero-order chi connectivity index (χ0) is 15.5. The predicted molar refractivity (Wildman–Crippen MR) is 92.7 cm³/mol. The van der Waals surface area contributed by atoms with Gasteiger partial charge in [-0.1, -0.05) is 48.0 Å². The Hall–Kier alpha value is -1.94. The summed E-state index contributed by atoms with van der Waals surface area (Å²) in [6, 6.07) is 18.0. The highest BCUT2D eigenvalue weighted by atomic mass is 35.5. The predicted octanol–water partition coefficient (Wildman–Crippen LogP) is 3.73. The third-order valence-electron chi connectivity index (χ3n) is 3.67. The molecule has 0 spiro atoms. The van der Waals surface area contributed by atoms with Crippen molar-refractivity contribution in [2.45, 2.75) is 19.0 Å². The van der Waals surface area contributed by atoms with Gasteiger partial charge in [0.25, 0.3) is 0 Å². The van der Waals surface area contributed by atoms with Gasteiger partial charge in [0.15, 0.2) is 0 Å². The van der Waals surface area contributed by atoms with Crippen LogP contribution >= 0.6 is 11.6 Å². The van der Waals surface area contributed by atoms with Crippen molar-refractivity contribution < 1.29 is 0 Å². The topological polar surface area (TPSA) is 64.9 Å². The Labute approximate surface area is 134 Å². The smallest absolute Gasteiger partial charge is 0.0727 e. The Morgan fingerprint density at radius 3 is 2.50 bits per heavy atom. The van der Waals surface area contributed by atoms with Crippen LogP contribution in [-0.2, 0) is 6.42 Å². The molecular formula is C18H18ClN3. The van der Waals surface area contributed by atoms with Crippen LogP contribution in [0.3, 0.4) is 0 Å². The molecule has 0 aliphatic carbocycles. The molecule has 4 N–H and O–H groups in total. The summed E-state index contributed by atoms with van der Waals surface area (Å²) < 4.78 is 0. The second kappa shape index (κ2) is 6.44. The number of halogens is 1. The van der Waals surface area contributed by atoms with Gasteiger partial charge in [0.1, 0.15) is 0 Å². The third kappa shape index (κ3) is 3.28. The minimum Gasteiger partial charge on any atom is -0.316 e. The number of nitrogens with zero attached hydrogens (tertiary/aromatic N) is 1. The molecule has 0 aliphatic rings. The monoisotopic (exact) mass is 311 g/mol. The van der Waals surface area contributed by atoms with Crippen molar-refractivity contribution in [3.8, 4) is 11.3 Å². The first-order valence-electron chi connectivity index (χ1n) is 7.29. The van der Waals surface area contributed by atoms with Gasteiger partial charge < -0.3 is 11.5 Å². The van der Waals surface area contributed by atoms with Crippen molar-refractivity contribution in [1.29, 1.82) is 0 Å². The Morgan fingerprint density at radius 2 is 1.77 bits per heavy atom. The van der Waals surface area contributed by atoms with Gasteiger partial charge in [-0.2, -0.15) is 0 Å². The lowest BCUT2D eigenvalue weighted by Gasteiger charge is -2.11. The summed E-state index contributed by atoms with van der Waals surface area (Å²) >= 11 is 6.12. The number of aryl methyl sites for hydroxylation is 1. The summed E-state index contributed by atoms with van der Waals surface area (Å²) in [5, 5.41) is 1.79. The average molecular weight is 312 g/mol. The lowest BCUT2D eigenvalue weighted by molar-refractivity contribution is 0.640. The molecule has 3 rings (SSSR count). The second-order valence-electron chi connectivity index (χ2n) is 5.40. The fraction of sp³-hybridized carbons (Fsp3) is 0.167. The van der Waals surface area contributed by atoms with Crippen LogP contribution in [0.1, 0.15) is 12.0 Å². The van der Waals surface area contributed by atoms with E-state index in [0.29, 0.717) is 5.02 Å². The number of pyridine rings is 1. The van der Waals surface area contributed by atoms with Crippen molar-refractivity contribution in [3.05, 3.63) is 65.2 Å². The average Bonchev–Trinajstić information content (AvgIpc) is 2.52. The van der Waals surface area contributed by atoms with Crippen molar-refractivity contribution in [2.75, 3.05) is 0 Å². The quantitative estimate of drug-likeness (QED) is 0.721. The molecule has 0 bridgehead atoms. The zero-order valence-corrected chi connectivity index (χ0v) is 12.9. The summed E-state index contributed by atoms with van der Waals surface area (Å²) in [6.45, 7) is 0. The summed E-state index contributed by atoms with van der Waals surface area (Å²) in [5.41, 5.74) is 15.5. The number of hydrogen-bond acceptors (Lipinski definition) is 3. The van der Waals surface area contributed by atoms with E-state index in [2.05, 4.69) is 18.2 Å². The van der Waals surface area contributed by atoms with Gasteiger partial charge in [-0.15, -0.1) is 0 Å². The van der Waals surface area contributed by atoms with Gasteiger partial charge in [-0.3, -0.25) is 0 Å². The molecule has 22 heavy (non-hydrogen) atoms. The Kier molecular flexibility index (Phi) is 4.39. The van der Waals surface area contributed by atoms with Gasteiger partial charge in [0.05, 0.1) is 17.4 Å². The zero-order valence-electron chi connectivity index (χ0n) is 12.2. The Morgan fingerprint density at radius 1 is 1.00 bits per heavy atom. The molecule has 0 saturated heterocycles. The molecule has 2 aromatic carbocycles. The van der Waals surface area contributed by atoms with E-state index in [-0.39, 0.29) is 6.17 Å². The van der Waals surface area contributed by atoms with E-state index in [4.69, 9.17) is 28.1 Å². The molecular weight excluding hydrogens is 294 g/mol. The largest absolute Gasteiger partial charge is 0.316 e. The number of rotatable bonds is 4. The molecule has 0 aliphatic heterocycles. The minimum atomic E-state index is -0.310. The van der Waals surface area contributed by atoms with E-state index in [1.165, 1.54) is 5.56 Å². The number of nitrogens with two attached hydrogens (primary N) is 2. The maximum absolute atomic E-state index is 6.12. The van der Waals surface area contributed by atoms with E-state index in [9.17, 15) is 0 Å². The Balaban J connectivity index is 2.14. The third-order valence-corrected chi connectivity index (χ3v) is 3.91. The molecule has 0 fully saturated rings. The molecule has 3 aromatic rings. The van der Waals surface area contributed by atoms with Crippen LogP contribution in [0, 0.1) is 0 Å². The highest BCUT2D eigenvalue weighted by Gasteiger charge is 2.09. The van der Waals surface area contributed by atoms with E-state index < -0.39 is 0 Å². The summed E-state index contributed by atoms with van der Waals surface area (Å²) in [5.74, 6) is 0. The van der Waals surface area contributed by atoms with Crippen LogP contribution in [0.5, 0.6) is 0 Å². The van der Waals surface area contributed by atoms with Gasteiger partial charge in [0.2, 0.25) is 0 Å². The fourth-order valence-electron chi connectivity index (χ4n) is 2.56. The lowest BCUT2D eigenvalue weighted by Crippen LogP contribution is -2.30. The van der Waals surface area contributed by atoms with Crippen molar-refractivity contribution >= 4 is 22.5 Å². The summed E-state index contributed by atoms with van der Waals surface area (Å²) in [6.07, 6.45) is 1.24. The Bertz CT molecular complexity index is 785. The number of benzene rings is 2. The lowest BCUT2D eigenvalue weighted by atomic mass is 10.0. The highest BCUT2D eigenvalue weighted by Crippen LogP contribution is 2.27. The van der Waals surface area contributed by atoms with Crippen LogP contribution in [-0.4, -0.2) is 11.1 Å². The molecule has 112 valence electrons.